The van der Waals surface area contributed by atoms with Gasteiger partial charge in [0.05, 0.1) is 22.2 Å². The Morgan fingerprint density at radius 1 is 1.03 bits per heavy atom. The smallest absolute Gasteiger partial charge is 0.257 e. The summed E-state index contributed by atoms with van der Waals surface area (Å²) < 4.78 is 43.0. The van der Waals surface area contributed by atoms with Gasteiger partial charge < -0.3 is 4.90 Å². The predicted octanol–water partition coefficient (Wildman–Crippen LogP) is 4.22. The van der Waals surface area contributed by atoms with E-state index in [1.807, 2.05) is 23.2 Å². The number of piperidine rings is 2. The molecule has 0 radical (unpaired) electrons. The normalized spacial score (nSPS) is 18.9. The molecule has 0 spiro atoms. The first-order valence-corrected chi connectivity index (χ1v) is 13.7. The van der Waals surface area contributed by atoms with Gasteiger partial charge in [0, 0.05) is 32.4 Å². The summed E-state index contributed by atoms with van der Waals surface area (Å²) in [5.74, 6) is 0.455. The number of carbonyl (C=O) groups excluding carboxylic acids is 1. The first-order valence-electron chi connectivity index (χ1n) is 12.3. The van der Waals surface area contributed by atoms with Crippen molar-refractivity contribution in [2.75, 3.05) is 26.2 Å². The second kappa shape index (κ2) is 9.35. The van der Waals surface area contributed by atoms with Crippen LogP contribution in [0.4, 0.5) is 4.39 Å². The minimum absolute atomic E-state index is 0.0274. The standard InChI is InChI=1S/C26H31FN4O3S/c1-18-5-10-29(11-6-18)26(32)23-17-28-31-14-9-21(16-25(23)31)20-7-12-30(13-8-20)35(33,34)22-3-4-24(27)19(2)15-22/h3-4,9,14-18,20H,5-8,10-13H2,1-2H3. The maximum atomic E-state index is 13.6. The zero-order valence-corrected chi connectivity index (χ0v) is 21.0. The number of halogens is 1. The number of aryl methyl sites for hydroxylation is 1. The SMILES string of the molecule is Cc1cc(S(=O)(=O)N2CCC(c3ccn4ncc(C(=O)N5CCC(C)CC5)c4c3)CC2)ccc1F. The van der Waals surface area contributed by atoms with Crippen molar-refractivity contribution in [3.05, 3.63) is 65.2 Å². The molecule has 1 amide bonds. The summed E-state index contributed by atoms with van der Waals surface area (Å²) in [6, 6.07) is 7.98. The molecule has 7 nitrogen and oxygen atoms in total. The van der Waals surface area contributed by atoms with Gasteiger partial charge in [0.25, 0.3) is 5.91 Å². The molecule has 2 aliphatic rings. The summed E-state index contributed by atoms with van der Waals surface area (Å²) >= 11 is 0. The van der Waals surface area contributed by atoms with Crippen molar-refractivity contribution in [3.63, 3.8) is 0 Å². The van der Waals surface area contributed by atoms with Gasteiger partial charge in [-0.3, -0.25) is 4.79 Å². The van der Waals surface area contributed by atoms with Crippen LogP contribution < -0.4 is 0 Å². The van der Waals surface area contributed by atoms with Crippen LogP contribution in [0.15, 0.2) is 47.6 Å². The van der Waals surface area contributed by atoms with E-state index in [0.29, 0.717) is 43.0 Å². The molecule has 0 saturated carbocycles. The molecule has 2 fully saturated rings. The Kier molecular flexibility index (Phi) is 6.40. The van der Waals surface area contributed by atoms with E-state index >= 15 is 0 Å². The lowest BCUT2D eigenvalue weighted by molar-refractivity contribution is 0.0699. The number of likely N-dealkylation sites (tertiary alicyclic amines) is 1. The number of aromatic nitrogens is 2. The second-order valence-electron chi connectivity index (χ2n) is 9.91. The van der Waals surface area contributed by atoms with Gasteiger partial charge in [-0.2, -0.15) is 9.40 Å². The Bertz CT molecular complexity index is 1350. The summed E-state index contributed by atoms with van der Waals surface area (Å²) in [4.78, 5) is 15.2. The number of benzene rings is 1. The van der Waals surface area contributed by atoms with Crippen LogP contribution in [0.25, 0.3) is 5.52 Å². The fourth-order valence-corrected chi connectivity index (χ4v) is 6.71. The first kappa shape index (κ1) is 23.9. The molecule has 3 aromatic rings. The number of carbonyl (C=O) groups is 1. The fraction of sp³-hybridized carbons (Fsp3) is 0.462. The van der Waals surface area contributed by atoms with E-state index in [0.717, 1.165) is 37.0 Å². The van der Waals surface area contributed by atoms with E-state index in [4.69, 9.17) is 0 Å². The Balaban J connectivity index is 1.31. The minimum Gasteiger partial charge on any atom is -0.339 e. The maximum absolute atomic E-state index is 13.6. The van der Waals surface area contributed by atoms with Crippen molar-refractivity contribution in [3.8, 4) is 0 Å². The Hall–Kier alpha value is -2.78. The van der Waals surface area contributed by atoms with Crippen molar-refractivity contribution in [2.24, 2.45) is 5.92 Å². The number of rotatable bonds is 4. The third-order valence-corrected chi connectivity index (χ3v) is 9.43. The molecule has 2 saturated heterocycles. The lowest BCUT2D eigenvalue weighted by Crippen LogP contribution is -2.38. The van der Waals surface area contributed by atoms with Crippen LogP contribution in [0.1, 0.15) is 60.0 Å². The largest absolute Gasteiger partial charge is 0.339 e. The van der Waals surface area contributed by atoms with E-state index in [1.54, 1.807) is 17.6 Å². The lowest BCUT2D eigenvalue weighted by Gasteiger charge is -2.31. The molecule has 0 bridgehead atoms. The Morgan fingerprint density at radius 3 is 2.43 bits per heavy atom. The summed E-state index contributed by atoms with van der Waals surface area (Å²) in [5.41, 5.74) is 2.82. The number of hydrogen-bond donors (Lipinski definition) is 0. The summed E-state index contributed by atoms with van der Waals surface area (Å²) in [6.45, 7) is 6.13. The van der Waals surface area contributed by atoms with Gasteiger partial charge in [-0.25, -0.2) is 17.3 Å². The molecule has 2 aromatic heterocycles. The number of pyridine rings is 1. The minimum atomic E-state index is -3.66. The van der Waals surface area contributed by atoms with Gasteiger partial charge in [0.1, 0.15) is 5.82 Å². The van der Waals surface area contributed by atoms with E-state index in [1.165, 1.54) is 22.5 Å². The molecule has 35 heavy (non-hydrogen) atoms. The molecule has 4 heterocycles. The first-order chi connectivity index (χ1) is 16.7. The van der Waals surface area contributed by atoms with Gasteiger partial charge in [0.15, 0.2) is 0 Å². The number of amides is 1. The molecule has 5 rings (SSSR count). The number of nitrogens with zero attached hydrogens (tertiary/aromatic N) is 4. The maximum Gasteiger partial charge on any atom is 0.257 e. The molecule has 2 aliphatic heterocycles. The fourth-order valence-electron chi connectivity index (χ4n) is 5.15. The molecular formula is C26H31FN4O3S. The van der Waals surface area contributed by atoms with E-state index in [-0.39, 0.29) is 16.7 Å². The monoisotopic (exact) mass is 498 g/mol. The summed E-state index contributed by atoms with van der Waals surface area (Å²) in [5, 5.41) is 4.38. The zero-order valence-electron chi connectivity index (χ0n) is 20.2. The predicted molar refractivity (Wildman–Crippen MR) is 131 cm³/mol. The van der Waals surface area contributed by atoms with E-state index < -0.39 is 15.8 Å². The highest BCUT2D eigenvalue weighted by Crippen LogP contribution is 2.32. The van der Waals surface area contributed by atoms with Crippen molar-refractivity contribution < 1.29 is 17.6 Å². The van der Waals surface area contributed by atoms with Gasteiger partial charge in [-0.1, -0.05) is 6.92 Å². The average Bonchev–Trinajstić information content (AvgIpc) is 3.29. The van der Waals surface area contributed by atoms with Gasteiger partial charge >= 0.3 is 0 Å². The number of sulfonamides is 1. The van der Waals surface area contributed by atoms with Gasteiger partial charge in [-0.05, 0) is 85.9 Å². The van der Waals surface area contributed by atoms with Crippen LogP contribution in [0, 0.1) is 18.7 Å². The molecule has 0 aliphatic carbocycles. The Labute approximate surface area is 205 Å². The highest BCUT2D eigenvalue weighted by Gasteiger charge is 2.31. The third kappa shape index (κ3) is 4.59. The third-order valence-electron chi connectivity index (χ3n) is 7.54. The van der Waals surface area contributed by atoms with Gasteiger partial charge in [-0.15, -0.1) is 0 Å². The highest BCUT2D eigenvalue weighted by molar-refractivity contribution is 7.89. The van der Waals surface area contributed by atoms with Crippen LogP contribution in [-0.4, -0.2) is 59.3 Å². The molecular weight excluding hydrogens is 467 g/mol. The Morgan fingerprint density at radius 2 is 1.74 bits per heavy atom. The number of fused-ring (bicyclic) bond motifs is 1. The molecule has 9 heteroatoms. The number of hydrogen-bond acceptors (Lipinski definition) is 4. The van der Waals surface area contributed by atoms with Crippen LogP contribution >= 0.6 is 0 Å². The molecule has 1 aromatic carbocycles. The highest BCUT2D eigenvalue weighted by atomic mass is 32.2. The van der Waals surface area contributed by atoms with Crippen LogP contribution in [0.5, 0.6) is 0 Å². The topological polar surface area (TPSA) is 75.0 Å². The summed E-state index contributed by atoms with van der Waals surface area (Å²) in [7, 11) is -3.66. The van der Waals surface area contributed by atoms with Crippen molar-refractivity contribution in [1.82, 2.24) is 18.8 Å². The summed E-state index contributed by atoms with van der Waals surface area (Å²) in [6.07, 6.45) is 6.93. The molecule has 0 atom stereocenters. The molecule has 0 N–H and O–H groups in total. The van der Waals surface area contributed by atoms with Crippen LogP contribution in [-0.2, 0) is 10.0 Å². The van der Waals surface area contributed by atoms with Crippen LogP contribution in [0.2, 0.25) is 0 Å². The molecule has 0 unspecified atom stereocenters. The zero-order chi connectivity index (χ0) is 24.7. The molecule has 186 valence electrons. The van der Waals surface area contributed by atoms with Gasteiger partial charge in [0.2, 0.25) is 10.0 Å². The lowest BCUT2D eigenvalue weighted by atomic mass is 9.90. The van der Waals surface area contributed by atoms with Crippen LogP contribution in [0.3, 0.4) is 0 Å². The average molecular weight is 499 g/mol. The van der Waals surface area contributed by atoms with Crippen molar-refractivity contribution in [1.29, 1.82) is 0 Å². The van der Waals surface area contributed by atoms with Crippen molar-refractivity contribution >= 4 is 21.4 Å². The quantitative estimate of drug-likeness (QED) is 0.540. The second-order valence-corrected chi connectivity index (χ2v) is 11.9. The van der Waals surface area contributed by atoms with Crippen molar-refractivity contribution in [2.45, 2.75) is 50.3 Å². The van der Waals surface area contributed by atoms with E-state index in [9.17, 15) is 17.6 Å². The van der Waals surface area contributed by atoms with E-state index in [2.05, 4.69) is 12.0 Å².